The molecule has 128 valence electrons. The van der Waals surface area contributed by atoms with Crippen molar-refractivity contribution in [2.45, 2.75) is 38.3 Å². The predicted octanol–water partition coefficient (Wildman–Crippen LogP) is 2.50. The van der Waals surface area contributed by atoms with Gasteiger partial charge in [-0.1, -0.05) is 12.1 Å². The monoisotopic (exact) mass is 342 g/mol. The van der Waals surface area contributed by atoms with Crippen LogP contribution in [-0.2, 0) is 4.79 Å². The molecule has 5 unspecified atom stereocenters. The van der Waals surface area contributed by atoms with Crippen LogP contribution in [0.2, 0.25) is 0 Å². The number of ether oxygens (including phenoxy) is 1. The third-order valence-electron chi connectivity index (χ3n) is 5.01. The summed E-state index contributed by atoms with van der Waals surface area (Å²) in [4.78, 5) is 12.3. The first-order valence-electron chi connectivity index (χ1n) is 8.00. The first-order valence-corrected chi connectivity index (χ1v) is 8.00. The van der Waals surface area contributed by atoms with Gasteiger partial charge >= 0.3 is 0 Å². The van der Waals surface area contributed by atoms with Crippen molar-refractivity contribution in [1.82, 2.24) is 5.32 Å². The van der Waals surface area contributed by atoms with E-state index in [0.717, 1.165) is 19.3 Å². The van der Waals surface area contributed by atoms with Crippen molar-refractivity contribution in [2.24, 2.45) is 23.5 Å². The minimum Gasteiger partial charge on any atom is -0.486 e. The molecule has 5 atom stereocenters. The molecule has 6 heteroatoms. The molecular weight excluding hydrogens is 319 g/mol. The van der Waals surface area contributed by atoms with Gasteiger partial charge in [-0.05, 0) is 50.2 Å². The summed E-state index contributed by atoms with van der Waals surface area (Å²) in [7, 11) is 0. The Labute approximate surface area is 142 Å². The minimum atomic E-state index is -0.393. The van der Waals surface area contributed by atoms with Gasteiger partial charge in [-0.25, -0.2) is 4.39 Å². The lowest BCUT2D eigenvalue weighted by Gasteiger charge is -2.27. The SMILES string of the molecule is CC(CNC(=O)C1C2CCC(C2)C1N)Oc1ccccc1F.Cl. The van der Waals surface area contributed by atoms with E-state index in [2.05, 4.69) is 5.32 Å². The molecule has 1 amide bonds. The van der Waals surface area contributed by atoms with Crippen LogP contribution in [0.25, 0.3) is 0 Å². The van der Waals surface area contributed by atoms with E-state index in [1.165, 1.54) is 6.07 Å². The fourth-order valence-electron chi connectivity index (χ4n) is 3.89. The van der Waals surface area contributed by atoms with Gasteiger partial charge in [0.1, 0.15) is 6.10 Å². The molecule has 2 aliphatic carbocycles. The van der Waals surface area contributed by atoms with Crippen LogP contribution >= 0.6 is 12.4 Å². The standard InChI is InChI=1S/C17H23FN2O2.ClH/c1-10(22-14-5-3-2-4-13(14)18)9-20-17(21)15-11-6-7-12(8-11)16(15)19;/h2-5,10-12,15-16H,6-9,19H2,1H3,(H,20,21);1H. The summed E-state index contributed by atoms with van der Waals surface area (Å²) in [6.07, 6.45) is 3.05. The Bertz CT molecular complexity index is 555. The number of rotatable bonds is 5. The lowest BCUT2D eigenvalue weighted by molar-refractivity contribution is -0.127. The molecule has 2 fully saturated rings. The van der Waals surface area contributed by atoms with E-state index in [0.29, 0.717) is 18.4 Å². The lowest BCUT2D eigenvalue weighted by Crippen LogP contribution is -2.47. The molecule has 0 aliphatic heterocycles. The molecule has 0 saturated heterocycles. The van der Waals surface area contributed by atoms with Gasteiger partial charge in [0, 0.05) is 6.04 Å². The van der Waals surface area contributed by atoms with Crippen molar-refractivity contribution in [3.8, 4) is 5.75 Å². The van der Waals surface area contributed by atoms with Crippen LogP contribution in [0.15, 0.2) is 24.3 Å². The molecule has 3 N–H and O–H groups in total. The molecule has 1 aromatic carbocycles. The Hall–Kier alpha value is -1.33. The third-order valence-corrected chi connectivity index (χ3v) is 5.01. The molecule has 0 spiro atoms. The van der Waals surface area contributed by atoms with Crippen molar-refractivity contribution in [1.29, 1.82) is 0 Å². The molecule has 3 rings (SSSR count). The van der Waals surface area contributed by atoms with E-state index in [1.807, 2.05) is 6.92 Å². The Morgan fingerprint density at radius 3 is 2.74 bits per heavy atom. The minimum absolute atomic E-state index is 0. The highest BCUT2D eigenvalue weighted by Gasteiger charge is 2.48. The zero-order valence-corrected chi connectivity index (χ0v) is 14.0. The highest BCUT2D eigenvalue weighted by atomic mass is 35.5. The van der Waals surface area contributed by atoms with Gasteiger partial charge in [0.05, 0.1) is 12.5 Å². The van der Waals surface area contributed by atoms with Crippen molar-refractivity contribution in [3.63, 3.8) is 0 Å². The Morgan fingerprint density at radius 1 is 1.39 bits per heavy atom. The van der Waals surface area contributed by atoms with Gasteiger partial charge in [0.2, 0.25) is 5.91 Å². The Morgan fingerprint density at radius 2 is 2.09 bits per heavy atom. The van der Waals surface area contributed by atoms with Crippen LogP contribution < -0.4 is 15.8 Å². The van der Waals surface area contributed by atoms with Crippen molar-refractivity contribution >= 4 is 18.3 Å². The summed E-state index contributed by atoms with van der Waals surface area (Å²) in [6, 6.07) is 6.26. The number of carbonyl (C=O) groups excluding carboxylic acids is 1. The van der Waals surface area contributed by atoms with E-state index in [-0.39, 0.29) is 42.1 Å². The second kappa shape index (κ2) is 7.49. The largest absolute Gasteiger partial charge is 0.486 e. The van der Waals surface area contributed by atoms with Gasteiger partial charge in [0.15, 0.2) is 11.6 Å². The molecule has 2 saturated carbocycles. The van der Waals surface area contributed by atoms with Gasteiger partial charge in [-0.3, -0.25) is 4.79 Å². The van der Waals surface area contributed by atoms with Crippen LogP contribution in [0.3, 0.4) is 0 Å². The van der Waals surface area contributed by atoms with E-state index in [1.54, 1.807) is 18.2 Å². The van der Waals surface area contributed by atoms with Crippen LogP contribution in [0.4, 0.5) is 4.39 Å². The average molecular weight is 343 g/mol. The van der Waals surface area contributed by atoms with Crippen LogP contribution in [0.5, 0.6) is 5.75 Å². The Balaban J connectivity index is 0.00000192. The first-order chi connectivity index (χ1) is 10.6. The number of benzene rings is 1. The molecule has 2 aliphatic rings. The maximum atomic E-state index is 13.5. The highest BCUT2D eigenvalue weighted by Crippen LogP contribution is 2.47. The summed E-state index contributed by atoms with van der Waals surface area (Å²) >= 11 is 0. The van der Waals surface area contributed by atoms with E-state index < -0.39 is 5.82 Å². The van der Waals surface area contributed by atoms with Crippen molar-refractivity contribution in [2.75, 3.05) is 6.54 Å². The smallest absolute Gasteiger partial charge is 0.225 e. The summed E-state index contributed by atoms with van der Waals surface area (Å²) in [6.45, 7) is 2.17. The number of carbonyl (C=O) groups is 1. The lowest BCUT2D eigenvalue weighted by atomic mass is 9.84. The number of hydrogen-bond donors (Lipinski definition) is 2. The normalized spacial score (nSPS) is 29.7. The van der Waals surface area contributed by atoms with Crippen LogP contribution in [0, 0.1) is 23.6 Å². The highest BCUT2D eigenvalue weighted by molar-refractivity contribution is 5.85. The van der Waals surface area contributed by atoms with Crippen LogP contribution in [0.1, 0.15) is 26.2 Å². The molecule has 1 aromatic rings. The topological polar surface area (TPSA) is 64.4 Å². The zero-order chi connectivity index (χ0) is 15.7. The molecule has 2 bridgehead atoms. The number of para-hydroxylation sites is 1. The fraction of sp³-hybridized carbons (Fsp3) is 0.588. The molecule has 4 nitrogen and oxygen atoms in total. The van der Waals surface area contributed by atoms with Crippen LogP contribution in [-0.4, -0.2) is 24.6 Å². The number of nitrogens with one attached hydrogen (secondary N) is 1. The second-order valence-electron chi connectivity index (χ2n) is 6.54. The number of hydrogen-bond acceptors (Lipinski definition) is 3. The molecule has 0 radical (unpaired) electrons. The Kier molecular flexibility index (Phi) is 5.87. The summed E-state index contributed by atoms with van der Waals surface area (Å²) in [5, 5.41) is 2.91. The van der Waals surface area contributed by atoms with Gasteiger partial charge in [-0.2, -0.15) is 0 Å². The van der Waals surface area contributed by atoms with Gasteiger partial charge in [-0.15, -0.1) is 12.4 Å². The first kappa shape index (κ1) is 18.0. The fourth-order valence-corrected chi connectivity index (χ4v) is 3.89. The number of halogens is 2. The number of amides is 1. The zero-order valence-electron chi connectivity index (χ0n) is 13.2. The summed E-state index contributed by atoms with van der Waals surface area (Å²) < 4.78 is 19.0. The third kappa shape index (κ3) is 3.78. The molecule has 0 aromatic heterocycles. The average Bonchev–Trinajstić information content (AvgIpc) is 3.08. The number of nitrogens with two attached hydrogens (primary N) is 1. The molecule has 23 heavy (non-hydrogen) atoms. The predicted molar refractivity (Wildman–Crippen MR) is 89.0 cm³/mol. The summed E-state index contributed by atoms with van der Waals surface area (Å²) in [5.74, 6) is 0.704. The van der Waals surface area contributed by atoms with Crippen molar-refractivity contribution in [3.05, 3.63) is 30.1 Å². The summed E-state index contributed by atoms with van der Waals surface area (Å²) in [5.41, 5.74) is 6.17. The van der Waals surface area contributed by atoms with E-state index in [4.69, 9.17) is 10.5 Å². The maximum Gasteiger partial charge on any atom is 0.225 e. The van der Waals surface area contributed by atoms with E-state index >= 15 is 0 Å². The van der Waals surface area contributed by atoms with Crippen molar-refractivity contribution < 1.29 is 13.9 Å². The molecular formula is C17H24ClFN2O2. The molecule has 0 heterocycles. The maximum absolute atomic E-state index is 13.5. The quantitative estimate of drug-likeness (QED) is 0.864. The van der Waals surface area contributed by atoms with Gasteiger partial charge in [0.25, 0.3) is 0 Å². The van der Waals surface area contributed by atoms with E-state index in [9.17, 15) is 9.18 Å². The van der Waals surface area contributed by atoms with Gasteiger partial charge < -0.3 is 15.8 Å². The number of fused-ring (bicyclic) bond motifs is 2. The second-order valence-corrected chi connectivity index (χ2v) is 6.54.